The second-order valence-electron chi connectivity index (χ2n) is 6.36. The van der Waals surface area contributed by atoms with Gasteiger partial charge in [0.1, 0.15) is 0 Å². The Kier molecular flexibility index (Phi) is 3.30. The largest absolute Gasteiger partial charge is 0.295 e. The first-order valence-corrected chi connectivity index (χ1v) is 6.06. The van der Waals surface area contributed by atoms with Gasteiger partial charge in [0.25, 0.3) is 0 Å². The molecule has 1 fully saturated rings. The summed E-state index contributed by atoms with van der Waals surface area (Å²) < 4.78 is 0. The molecule has 1 nitrogen and oxygen atoms in total. The summed E-state index contributed by atoms with van der Waals surface area (Å²) in [4.78, 5) is 2.70. The van der Waals surface area contributed by atoms with Crippen molar-refractivity contribution >= 4 is 0 Å². The average Bonchev–Trinajstić information content (AvgIpc) is 2.51. The van der Waals surface area contributed by atoms with Crippen LogP contribution in [0.5, 0.6) is 0 Å². The Hall–Kier alpha value is -0.0400. The van der Waals surface area contributed by atoms with Gasteiger partial charge in [0.15, 0.2) is 0 Å². The van der Waals surface area contributed by atoms with E-state index in [1.807, 2.05) is 0 Å². The van der Waals surface area contributed by atoms with Crippen molar-refractivity contribution < 1.29 is 0 Å². The second kappa shape index (κ2) is 3.84. The van der Waals surface area contributed by atoms with Gasteiger partial charge in [0.2, 0.25) is 0 Å². The third kappa shape index (κ3) is 2.31. The van der Waals surface area contributed by atoms with Crippen molar-refractivity contribution in [2.24, 2.45) is 5.41 Å². The maximum Gasteiger partial charge on any atom is 0.0152 e. The summed E-state index contributed by atoms with van der Waals surface area (Å²) in [5, 5.41) is 0. The SMILES string of the molecule is CCC(C)(C)C1CCCN1C(C)(C)C. The minimum Gasteiger partial charge on any atom is -0.295 e. The molecule has 14 heavy (non-hydrogen) atoms. The third-order valence-electron chi connectivity index (χ3n) is 3.93. The van der Waals surface area contributed by atoms with E-state index in [0.717, 1.165) is 6.04 Å². The van der Waals surface area contributed by atoms with Crippen LogP contribution in [0.2, 0.25) is 0 Å². The van der Waals surface area contributed by atoms with Crippen LogP contribution in [0.15, 0.2) is 0 Å². The third-order valence-corrected chi connectivity index (χ3v) is 3.93. The lowest BCUT2D eigenvalue weighted by atomic mass is 9.79. The molecule has 1 aliphatic rings. The van der Waals surface area contributed by atoms with Gasteiger partial charge < -0.3 is 0 Å². The van der Waals surface area contributed by atoms with E-state index in [2.05, 4.69) is 46.4 Å². The molecule has 1 aliphatic heterocycles. The van der Waals surface area contributed by atoms with Crippen LogP contribution in [0.25, 0.3) is 0 Å². The smallest absolute Gasteiger partial charge is 0.0152 e. The molecule has 0 aromatic carbocycles. The lowest BCUT2D eigenvalue weighted by Crippen LogP contribution is -2.50. The highest BCUT2D eigenvalue weighted by Gasteiger charge is 2.40. The van der Waals surface area contributed by atoms with Crippen LogP contribution in [0.3, 0.4) is 0 Å². The molecule has 0 spiro atoms. The summed E-state index contributed by atoms with van der Waals surface area (Å²) in [6, 6.07) is 0.785. The zero-order chi connectivity index (χ0) is 11.0. The molecule has 0 N–H and O–H groups in total. The lowest BCUT2D eigenvalue weighted by Gasteiger charge is -2.44. The van der Waals surface area contributed by atoms with E-state index in [1.165, 1.54) is 25.8 Å². The fourth-order valence-corrected chi connectivity index (χ4v) is 2.62. The molecular weight excluding hydrogens is 170 g/mol. The monoisotopic (exact) mass is 197 g/mol. The van der Waals surface area contributed by atoms with Crippen molar-refractivity contribution in [3.8, 4) is 0 Å². The first-order chi connectivity index (χ1) is 6.29. The molecule has 1 atom stereocenters. The van der Waals surface area contributed by atoms with Crippen molar-refractivity contribution in [3.05, 3.63) is 0 Å². The van der Waals surface area contributed by atoms with Crippen LogP contribution < -0.4 is 0 Å². The van der Waals surface area contributed by atoms with Crippen molar-refractivity contribution in [3.63, 3.8) is 0 Å². The van der Waals surface area contributed by atoms with E-state index in [4.69, 9.17) is 0 Å². The second-order valence-corrected chi connectivity index (χ2v) is 6.36. The Morgan fingerprint density at radius 2 is 1.71 bits per heavy atom. The van der Waals surface area contributed by atoms with Gasteiger partial charge in [-0.25, -0.2) is 0 Å². The predicted molar refractivity (Wildman–Crippen MR) is 63.6 cm³/mol. The molecule has 0 aliphatic carbocycles. The van der Waals surface area contributed by atoms with E-state index in [9.17, 15) is 0 Å². The molecule has 1 rings (SSSR count). The predicted octanol–water partition coefficient (Wildman–Crippen LogP) is 3.69. The van der Waals surface area contributed by atoms with Crippen molar-refractivity contribution in [2.45, 2.75) is 72.4 Å². The zero-order valence-corrected chi connectivity index (χ0v) is 10.9. The maximum absolute atomic E-state index is 2.70. The maximum atomic E-state index is 2.70. The van der Waals surface area contributed by atoms with Crippen LogP contribution >= 0.6 is 0 Å². The summed E-state index contributed by atoms with van der Waals surface area (Å²) in [5.74, 6) is 0. The molecule has 1 unspecified atom stereocenters. The highest BCUT2D eigenvalue weighted by Crippen LogP contribution is 2.39. The van der Waals surface area contributed by atoms with Crippen LogP contribution in [-0.4, -0.2) is 23.0 Å². The van der Waals surface area contributed by atoms with Crippen LogP contribution in [0, 0.1) is 5.41 Å². The summed E-state index contributed by atoms with van der Waals surface area (Å²) in [5.41, 5.74) is 0.817. The number of hydrogen-bond acceptors (Lipinski definition) is 1. The number of rotatable bonds is 2. The molecule has 0 radical (unpaired) electrons. The topological polar surface area (TPSA) is 3.24 Å². The van der Waals surface area contributed by atoms with Crippen molar-refractivity contribution in [2.75, 3.05) is 6.54 Å². The summed E-state index contributed by atoms with van der Waals surface area (Å²) in [6.45, 7) is 15.5. The van der Waals surface area contributed by atoms with E-state index in [-0.39, 0.29) is 0 Å². The lowest BCUT2D eigenvalue weighted by molar-refractivity contribution is 0.0474. The van der Waals surface area contributed by atoms with Gasteiger partial charge in [-0.15, -0.1) is 0 Å². The minimum absolute atomic E-state index is 0.341. The average molecular weight is 197 g/mol. The van der Waals surface area contributed by atoms with Gasteiger partial charge in [0, 0.05) is 11.6 Å². The van der Waals surface area contributed by atoms with Crippen LogP contribution in [0.1, 0.15) is 60.8 Å². The molecule has 1 heteroatoms. The first kappa shape index (κ1) is 12.0. The van der Waals surface area contributed by atoms with Gasteiger partial charge in [-0.2, -0.15) is 0 Å². The Morgan fingerprint density at radius 3 is 2.14 bits per heavy atom. The molecule has 0 amide bonds. The van der Waals surface area contributed by atoms with E-state index in [1.54, 1.807) is 0 Å². The molecule has 0 aromatic rings. The summed E-state index contributed by atoms with van der Waals surface area (Å²) in [7, 11) is 0. The zero-order valence-electron chi connectivity index (χ0n) is 10.9. The molecule has 1 saturated heterocycles. The van der Waals surface area contributed by atoms with Gasteiger partial charge in [0.05, 0.1) is 0 Å². The Bertz CT molecular complexity index is 188. The summed E-state index contributed by atoms with van der Waals surface area (Å²) in [6.07, 6.45) is 4.05. The minimum atomic E-state index is 0.341. The fourth-order valence-electron chi connectivity index (χ4n) is 2.62. The molecule has 1 heterocycles. The molecule has 0 bridgehead atoms. The first-order valence-electron chi connectivity index (χ1n) is 6.06. The number of likely N-dealkylation sites (tertiary alicyclic amines) is 1. The van der Waals surface area contributed by atoms with E-state index < -0.39 is 0 Å². The van der Waals surface area contributed by atoms with Gasteiger partial charge in [-0.05, 0) is 52.0 Å². The molecule has 0 saturated carbocycles. The van der Waals surface area contributed by atoms with Crippen LogP contribution in [0.4, 0.5) is 0 Å². The normalized spacial score (nSPS) is 25.7. The Labute approximate surface area is 89.9 Å². The van der Waals surface area contributed by atoms with Gasteiger partial charge in [-0.1, -0.05) is 20.8 Å². The van der Waals surface area contributed by atoms with Gasteiger partial charge in [-0.3, -0.25) is 4.90 Å². The van der Waals surface area contributed by atoms with Gasteiger partial charge >= 0.3 is 0 Å². The molecular formula is C13H27N. The standard InChI is InChI=1S/C13H27N/c1-7-13(5,6)11-9-8-10-14(11)12(2,3)4/h11H,7-10H2,1-6H3. The quantitative estimate of drug-likeness (QED) is 0.652. The Balaban J connectivity index is 2.79. The highest BCUT2D eigenvalue weighted by atomic mass is 15.2. The van der Waals surface area contributed by atoms with Crippen LogP contribution in [-0.2, 0) is 0 Å². The van der Waals surface area contributed by atoms with Crippen molar-refractivity contribution in [1.29, 1.82) is 0 Å². The summed E-state index contributed by atoms with van der Waals surface area (Å²) >= 11 is 0. The highest BCUT2D eigenvalue weighted by molar-refractivity contribution is 4.95. The van der Waals surface area contributed by atoms with Crippen molar-refractivity contribution in [1.82, 2.24) is 4.90 Å². The Morgan fingerprint density at radius 1 is 1.14 bits per heavy atom. The fraction of sp³-hybridized carbons (Fsp3) is 1.00. The van der Waals surface area contributed by atoms with E-state index in [0.29, 0.717) is 11.0 Å². The number of nitrogens with zero attached hydrogens (tertiary/aromatic N) is 1. The molecule has 0 aromatic heterocycles. The van der Waals surface area contributed by atoms with E-state index >= 15 is 0 Å². The number of hydrogen-bond donors (Lipinski definition) is 0. The molecule has 84 valence electrons.